The highest BCUT2D eigenvalue weighted by molar-refractivity contribution is 5.94. The molecule has 148 valence electrons. The number of fused-ring (bicyclic) bond motifs is 1. The van der Waals surface area contributed by atoms with E-state index in [0.717, 1.165) is 44.5 Å². The largest absolute Gasteiger partial charge is 0.435 e. The van der Waals surface area contributed by atoms with Crippen LogP contribution in [0.15, 0.2) is 95.4 Å². The summed E-state index contributed by atoms with van der Waals surface area (Å²) in [6.45, 7) is 4.16. The highest BCUT2D eigenvalue weighted by atomic mass is 16.3. The molecule has 31 heavy (non-hydrogen) atoms. The highest BCUT2D eigenvalue weighted by Crippen LogP contribution is 2.35. The second kappa shape index (κ2) is 7.97. The number of hydrogen-bond acceptors (Lipinski definition) is 2. The van der Waals surface area contributed by atoms with Crippen LogP contribution in [0.4, 0.5) is 0 Å². The first-order valence-electron chi connectivity index (χ1n) is 10.3. The molecule has 0 bridgehead atoms. The van der Waals surface area contributed by atoms with Gasteiger partial charge in [0.2, 0.25) is 5.89 Å². The van der Waals surface area contributed by atoms with Gasteiger partial charge in [-0.05, 0) is 61.9 Å². The Balaban J connectivity index is 1.65. The van der Waals surface area contributed by atoms with Crippen LogP contribution >= 0.6 is 0 Å². The molecule has 0 atom stereocenters. The molecule has 0 amide bonds. The van der Waals surface area contributed by atoms with E-state index in [1.165, 1.54) is 5.56 Å². The van der Waals surface area contributed by atoms with Crippen LogP contribution in [0.1, 0.15) is 22.3 Å². The lowest BCUT2D eigenvalue weighted by molar-refractivity contribution is 0.620. The molecular formula is C29H21NO. The van der Waals surface area contributed by atoms with Gasteiger partial charge in [0.1, 0.15) is 5.52 Å². The van der Waals surface area contributed by atoms with Gasteiger partial charge in [-0.15, -0.1) is 0 Å². The quantitative estimate of drug-likeness (QED) is 0.294. The molecule has 0 saturated carbocycles. The second-order valence-electron chi connectivity index (χ2n) is 7.71. The minimum atomic E-state index is 0.630. The Morgan fingerprint density at radius 2 is 1.42 bits per heavy atom. The first-order valence-corrected chi connectivity index (χ1v) is 10.3. The maximum atomic E-state index is 6.27. The van der Waals surface area contributed by atoms with Crippen LogP contribution in [0.3, 0.4) is 0 Å². The van der Waals surface area contributed by atoms with E-state index in [9.17, 15) is 0 Å². The molecule has 0 aliphatic heterocycles. The summed E-state index contributed by atoms with van der Waals surface area (Å²) in [5, 5.41) is 0. The molecule has 2 heteroatoms. The molecule has 4 aromatic carbocycles. The van der Waals surface area contributed by atoms with Crippen LogP contribution < -0.4 is 0 Å². The predicted octanol–water partition coefficient (Wildman–Crippen LogP) is 7.18. The fraction of sp³-hybridized carbons (Fsp3) is 0.0690. The van der Waals surface area contributed by atoms with Crippen molar-refractivity contribution in [2.24, 2.45) is 0 Å². The lowest BCUT2D eigenvalue weighted by Crippen LogP contribution is -1.87. The van der Waals surface area contributed by atoms with E-state index < -0.39 is 0 Å². The summed E-state index contributed by atoms with van der Waals surface area (Å²) in [6, 6.07) is 30.7. The molecule has 0 fully saturated rings. The zero-order valence-corrected chi connectivity index (χ0v) is 17.5. The van der Waals surface area contributed by atoms with E-state index >= 15 is 0 Å². The molecule has 0 spiro atoms. The van der Waals surface area contributed by atoms with Crippen LogP contribution in [0.5, 0.6) is 0 Å². The minimum absolute atomic E-state index is 0.630. The number of aryl methyl sites for hydroxylation is 2. The van der Waals surface area contributed by atoms with Crippen molar-refractivity contribution in [1.29, 1.82) is 0 Å². The Hall–Kier alpha value is -4.09. The SMILES string of the molecule is Cc1ccc(C#Cc2ccccc2-c2cc(C)cc3nc(-c4ccccc4)oc23)cc1. The zero-order chi connectivity index (χ0) is 21.2. The highest BCUT2D eigenvalue weighted by Gasteiger charge is 2.15. The van der Waals surface area contributed by atoms with Gasteiger partial charge in [0.15, 0.2) is 5.58 Å². The number of hydrogen-bond donors (Lipinski definition) is 0. The average molecular weight is 399 g/mol. The lowest BCUT2D eigenvalue weighted by atomic mass is 9.97. The van der Waals surface area contributed by atoms with Gasteiger partial charge in [0, 0.05) is 27.8 Å². The van der Waals surface area contributed by atoms with E-state index in [2.05, 4.69) is 74.2 Å². The van der Waals surface area contributed by atoms with Crippen LogP contribution in [-0.2, 0) is 0 Å². The monoisotopic (exact) mass is 399 g/mol. The van der Waals surface area contributed by atoms with Crippen LogP contribution in [0.2, 0.25) is 0 Å². The molecule has 0 aliphatic carbocycles. The third kappa shape index (κ3) is 3.86. The Bertz CT molecular complexity index is 1430. The number of benzene rings is 4. The molecule has 0 N–H and O–H groups in total. The first-order chi connectivity index (χ1) is 15.2. The summed E-state index contributed by atoms with van der Waals surface area (Å²) in [7, 11) is 0. The maximum absolute atomic E-state index is 6.27. The standard InChI is InChI=1S/C29H21NO/c1-20-12-14-22(15-13-20)16-17-23-8-6-7-11-25(23)26-18-21(2)19-27-28(26)31-29(30-27)24-9-4-3-5-10-24/h3-15,18-19H,1-2H3. The zero-order valence-electron chi connectivity index (χ0n) is 17.5. The van der Waals surface area contributed by atoms with Crippen molar-refractivity contribution in [3.05, 3.63) is 113 Å². The lowest BCUT2D eigenvalue weighted by Gasteiger charge is -2.07. The van der Waals surface area contributed by atoms with E-state index in [1.807, 2.05) is 42.5 Å². The van der Waals surface area contributed by atoms with Gasteiger partial charge in [-0.3, -0.25) is 0 Å². The number of aromatic nitrogens is 1. The van der Waals surface area contributed by atoms with E-state index in [0.29, 0.717) is 5.89 Å². The Morgan fingerprint density at radius 3 is 2.23 bits per heavy atom. The van der Waals surface area contributed by atoms with Crippen LogP contribution in [0, 0.1) is 25.7 Å². The van der Waals surface area contributed by atoms with E-state index in [-0.39, 0.29) is 0 Å². The van der Waals surface area contributed by atoms with E-state index in [4.69, 9.17) is 9.40 Å². The topological polar surface area (TPSA) is 26.0 Å². The van der Waals surface area contributed by atoms with Crippen molar-refractivity contribution in [1.82, 2.24) is 4.98 Å². The third-order valence-corrected chi connectivity index (χ3v) is 5.27. The molecule has 5 aromatic rings. The van der Waals surface area contributed by atoms with Crippen molar-refractivity contribution in [3.8, 4) is 34.4 Å². The molecule has 0 radical (unpaired) electrons. The third-order valence-electron chi connectivity index (χ3n) is 5.27. The molecule has 5 rings (SSSR count). The second-order valence-corrected chi connectivity index (χ2v) is 7.71. The number of nitrogens with zero attached hydrogens (tertiary/aromatic N) is 1. The Kier molecular flexibility index (Phi) is 4.86. The fourth-order valence-electron chi connectivity index (χ4n) is 3.68. The molecule has 0 aliphatic rings. The number of rotatable bonds is 2. The summed E-state index contributed by atoms with van der Waals surface area (Å²) in [5.41, 5.74) is 9.00. The summed E-state index contributed by atoms with van der Waals surface area (Å²) in [5.74, 6) is 7.28. The van der Waals surface area contributed by atoms with Crippen LogP contribution in [0.25, 0.3) is 33.7 Å². The van der Waals surface area contributed by atoms with Crippen molar-refractivity contribution < 1.29 is 4.42 Å². The molecule has 2 nitrogen and oxygen atoms in total. The van der Waals surface area contributed by atoms with E-state index in [1.54, 1.807) is 0 Å². The average Bonchev–Trinajstić information content (AvgIpc) is 3.23. The molecule has 1 aromatic heterocycles. The minimum Gasteiger partial charge on any atom is -0.435 e. The van der Waals surface area contributed by atoms with Gasteiger partial charge in [0.05, 0.1) is 0 Å². The van der Waals surface area contributed by atoms with Crippen molar-refractivity contribution in [2.75, 3.05) is 0 Å². The van der Waals surface area contributed by atoms with Gasteiger partial charge in [-0.1, -0.05) is 65.9 Å². The number of oxazole rings is 1. The maximum Gasteiger partial charge on any atom is 0.227 e. The summed E-state index contributed by atoms with van der Waals surface area (Å²) >= 11 is 0. The van der Waals surface area contributed by atoms with Gasteiger partial charge in [-0.25, -0.2) is 4.98 Å². The normalized spacial score (nSPS) is 10.6. The predicted molar refractivity (Wildman–Crippen MR) is 127 cm³/mol. The van der Waals surface area contributed by atoms with Crippen molar-refractivity contribution >= 4 is 11.1 Å². The fourth-order valence-corrected chi connectivity index (χ4v) is 3.68. The molecular weight excluding hydrogens is 378 g/mol. The Morgan fingerprint density at radius 1 is 0.677 bits per heavy atom. The van der Waals surface area contributed by atoms with Gasteiger partial charge in [-0.2, -0.15) is 0 Å². The first kappa shape index (κ1) is 18.9. The van der Waals surface area contributed by atoms with Gasteiger partial charge < -0.3 is 4.42 Å². The summed E-state index contributed by atoms with van der Waals surface area (Å²) in [4.78, 5) is 4.76. The van der Waals surface area contributed by atoms with Crippen LogP contribution in [-0.4, -0.2) is 4.98 Å². The van der Waals surface area contributed by atoms with Gasteiger partial charge >= 0.3 is 0 Å². The van der Waals surface area contributed by atoms with Crippen molar-refractivity contribution in [2.45, 2.75) is 13.8 Å². The smallest absolute Gasteiger partial charge is 0.227 e. The van der Waals surface area contributed by atoms with Gasteiger partial charge in [0.25, 0.3) is 0 Å². The molecule has 0 saturated heterocycles. The summed E-state index contributed by atoms with van der Waals surface area (Å²) in [6.07, 6.45) is 0. The Labute approximate surface area is 182 Å². The summed E-state index contributed by atoms with van der Waals surface area (Å²) < 4.78 is 6.27. The van der Waals surface area contributed by atoms with Crippen molar-refractivity contribution in [3.63, 3.8) is 0 Å². The molecule has 1 heterocycles. The molecule has 0 unspecified atom stereocenters.